The van der Waals surface area contributed by atoms with Crippen LogP contribution in [-0.4, -0.2) is 30.5 Å². The molecule has 1 aromatic heterocycles. The standard InChI is InChI=1S/C15H20N4O/c1-2-7-18-15(20)12-5-9-19(10-6-12)14-13(11-16)4-3-8-17-14/h3-4,8,12H,2,5-7,9-10H2,1H3,(H,18,20). The van der Waals surface area contributed by atoms with Gasteiger partial charge in [-0.05, 0) is 31.4 Å². The van der Waals surface area contributed by atoms with Gasteiger partial charge in [-0.3, -0.25) is 4.79 Å². The third-order valence-corrected chi connectivity index (χ3v) is 3.62. The van der Waals surface area contributed by atoms with Crippen LogP contribution in [0.2, 0.25) is 0 Å². The Labute approximate surface area is 119 Å². The molecule has 106 valence electrons. The molecule has 0 radical (unpaired) electrons. The Hall–Kier alpha value is -2.09. The lowest BCUT2D eigenvalue weighted by Crippen LogP contribution is -2.41. The number of amides is 1. The summed E-state index contributed by atoms with van der Waals surface area (Å²) in [6.45, 7) is 4.34. The van der Waals surface area contributed by atoms with E-state index in [1.165, 1.54) is 0 Å². The van der Waals surface area contributed by atoms with E-state index in [0.29, 0.717) is 5.56 Å². The van der Waals surface area contributed by atoms with Gasteiger partial charge in [-0.1, -0.05) is 6.92 Å². The summed E-state index contributed by atoms with van der Waals surface area (Å²) < 4.78 is 0. The molecule has 1 aromatic rings. The Morgan fingerprint density at radius 1 is 1.55 bits per heavy atom. The quantitative estimate of drug-likeness (QED) is 0.905. The second-order valence-electron chi connectivity index (χ2n) is 5.04. The SMILES string of the molecule is CCCNC(=O)C1CCN(c2ncccc2C#N)CC1. The second kappa shape index (κ2) is 6.90. The van der Waals surface area contributed by atoms with Crippen molar-refractivity contribution in [1.82, 2.24) is 10.3 Å². The largest absolute Gasteiger partial charge is 0.356 e. The Morgan fingerprint density at radius 3 is 2.95 bits per heavy atom. The lowest BCUT2D eigenvalue weighted by atomic mass is 9.95. The smallest absolute Gasteiger partial charge is 0.223 e. The van der Waals surface area contributed by atoms with E-state index in [4.69, 9.17) is 5.26 Å². The highest BCUT2D eigenvalue weighted by molar-refractivity contribution is 5.79. The van der Waals surface area contributed by atoms with Crippen LogP contribution in [0, 0.1) is 17.2 Å². The van der Waals surface area contributed by atoms with Gasteiger partial charge < -0.3 is 10.2 Å². The van der Waals surface area contributed by atoms with E-state index in [1.54, 1.807) is 18.3 Å². The molecule has 1 fully saturated rings. The van der Waals surface area contributed by atoms with Crippen molar-refractivity contribution in [3.05, 3.63) is 23.9 Å². The van der Waals surface area contributed by atoms with Crippen molar-refractivity contribution in [3.8, 4) is 6.07 Å². The monoisotopic (exact) mass is 272 g/mol. The Bertz CT molecular complexity index is 501. The lowest BCUT2D eigenvalue weighted by molar-refractivity contribution is -0.125. The van der Waals surface area contributed by atoms with E-state index in [9.17, 15) is 4.79 Å². The fraction of sp³-hybridized carbons (Fsp3) is 0.533. The summed E-state index contributed by atoms with van der Waals surface area (Å²) in [6.07, 6.45) is 4.30. The number of pyridine rings is 1. The Kier molecular flexibility index (Phi) is 4.94. The van der Waals surface area contributed by atoms with Gasteiger partial charge in [-0.15, -0.1) is 0 Å². The average Bonchev–Trinajstić information content (AvgIpc) is 2.52. The van der Waals surface area contributed by atoms with E-state index >= 15 is 0 Å². The van der Waals surface area contributed by atoms with Crippen LogP contribution < -0.4 is 10.2 Å². The predicted molar refractivity (Wildman–Crippen MR) is 77.2 cm³/mol. The molecule has 0 spiro atoms. The first kappa shape index (κ1) is 14.3. The number of rotatable bonds is 4. The van der Waals surface area contributed by atoms with Crippen LogP contribution in [0.3, 0.4) is 0 Å². The molecule has 1 amide bonds. The number of piperidine rings is 1. The summed E-state index contributed by atoms with van der Waals surface area (Å²) in [7, 11) is 0. The van der Waals surface area contributed by atoms with Gasteiger partial charge in [0.05, 0.1) is 5.56 Å². The number of carbonyl (C=O) groups is 1. The molecular formula is C15H20N4O. The number of nitrogens with zero attached hydrogens (tertiary/aromatic N) is 3. The number of aromatic nitrogens is 1. The van der Waals surface area contributed by atoms with Crippen LogP contribution in [0.4, 0.5) is 5.82 Å². The third kappa shape index (κ3) is 3.27. The average molecular weight is 272 g/mol. The highest BCUT2D eigenvalue weighted by Crippen LogP contribution is 2.24. The number of hydrogen-bond donors (Lipinski definition) is 1. The molecule has 0 bridgehead atoms. The van der Waals surface area contributed by atoms with Gasteiger partial charge in [0.15, 0.2) is 0 Å². The molecule has 0 unspecified atom stereocenters. The van der Waals surface area contributed by atoms with E-state index < -0.39 is 0 Å². The molecule has 1 aliphatic rings. The molecule has 0 aromatic carbocycles. The van der Waals surface area contributed by atoms with E-state index in [2.05, 4.69) is 21.3 Å². The zero-order valence-electron chi connectivity index (χ0n) is 11.8. The van der Waals surface area contributed by atoms with E-state index in [-0.39, 0.29) is 11.8 Å². The van der Waals surface area contributed by atoms with Crippen molar-refractivity contribution in [2.45, 2.75) is 26.2 Å². The van der Waals surface area contributed by atoms with Crippen LogP contribution >= 0.6 is 0 Å². The van der Waals surface area contributed by atoms with E-state index in [0.717, 1.165) is 44.7 Å². The minimum absolute atomic E-state index is 0.0899. The van der Waals surface area contributed by atoms with Crippen LogP contribution in [0.25, 0.3) is 0 Å². The third-order valence-electron chi connectivity index (χ3n) is 3.62. The van der Waals surface area contributed by atoms with Crippen LogP contribution in [-0.2, 0) is 4.79 Å². The maximum atomic E-state index is 11.9. The summed E-state index contributed by atoms with van der Waals surface area (Å²) in [5.74, 6) is 0.988. The minimum atomic E-state index is 0.0899. The molecule has 0 saturated carbocycles. The van der Waals surface area contributed by atoms with Crippen LogP contribution in [0.1, 0.15) is 31.7 Å². The molecule has 1 saturated heterocycles. The molecule has 0 atom stereocenters. The van der Waals surface area contributed by atoms with Crippen molar-refractivity contribution in [1.29, 1.82) is 5.26 Å². The van der Waals surface area contributed by atoms with Crippen LogP contribution in [0.5, 0.6) is 0 Å². The molecular weight excluding hydrogens is 252 g/mol. The normalized spacial score (nSPS) is 15.7. The molecule has 2 rings (SSSR count). The number of anilines is 1. The van der Waals surface area contributed by atoms with Crippen molar-refractivity contribution in [2.75, 3.05) is 24.5 Å². The van der Waals surface area contributed by atoms with Gasteiger partial charge in [-0.25, -0.2) is 4.98 Å². The molecule has 2 heterocycles. The van der Waals surface area contributed by atoms with Gasteiger partial charge >= 0.3 is 0 Å². The highest BCUT2D eigenvalue weighted by atomic mass is 16.1. The van der Waals surface area contributed by atoms with Crippen molar-refractivity contribution in [3.63, 3.8) is 0 Å². The molecule has 1 aliphatic heterocycles. The molecule has 0 aliphatic carbocycles. The van der Waals surface area contributed by atoms with Gasteiger partial charge in [0.2, 0.25) is 5.91 Å². The zero-order valence-corrected chi connectivity index (χ0v) is 11.8. The highest BCUT2D eigenvalue weighted by Gasteiger charge is 2.26. The van der Waals surface area contributed by atoms with Crippen molar-refractivity contribution >= 4 is 11.7 Å². The number of carbonyl (C=O) groups excluding carboxylic acids is 1. The lowest BCUT2D eigenvalue weighted by Gasteiger charge is -2.32. The molecule has 5 nitrogen and oxygen atoms in total. The first-order valence-electron chi connectivity index (χ1n) is 7.14. The maximum absolute atomic E-state index is 11.9. The Balaban J connectivity index is 1.94. The van der Waals surface area contributed by atoms with Gasteiger partial charge in [0.1, 0.15) is 11.9 Å². The molecule has 1 N–H and O–H groups in total. The number of nitriles is 1. The van der Waals surface area contributed by atoms with Gasteiger partial charge in [0, 0.05) is 31.7 Å². The second-order valence-corrected chi connectivity index (χ2v) is 5.04. The summed E-state index contributed by atoms with van der Waals surface area (Å²) in [5.41, 5.74) is 0.599. The maximum Gasteiger partial charge on any atom is 0.223 e. The topological polar surface area (TPSA) is 69.0 Å². The fourth-order valence-electron chi connectivity index (χ4n) is 2.48. The van der Waals surface area contributed by atoms with Gasteiger partial charge in [0.25, 0.3) is 0 Å². The number of hydrogen-bond acceptors (Lipinski definition) is 4. The van der Waals surface area contributed by atoms with Crippen LogP contribution in [0.15, 0.2) is 18.3 Å². The van der Waals surface area contributed by atoms with Gasteiger partial charge in [-0.2, -0.15) is 5.26 Å². The minimum Gasteiger partial charge on any atom is -0.356 e. The van der Waals surface area contributed by atoms with Crippen molar-refractivity contribution in [2.24, 2.45) is 5.92 Å². The first-order valence-corrected chi connectivity index (χ1v) is 7.14. The Morgan fingerprint density at radius 2 is 2.30 bits per heavy atom. The fourth-order valence-corrected chi connectivity index (χ4v) is 2.48. The first-order chi connectivity index (χ1) is 9.76. The number of nitrogens with one attached hydrogen (secondary N) is 1. The summed E-state index contributed by atoms with van der Waals surface area (Å²) in [4.78, 5) is 18.3. The van der Waals surface area contributed by atoms with Crippen molar-refractivity contribution < 1.29 is 4.79 Å². The van der Waals surface area contributed by atoms with E-state index in [1.807, 2.05) is 6.92 Å². The zero-order chi connectivity index (χ0) is 14.4. The summed E-state index contributed by atoms with van der Waals surface area (Å²) in [6, 6.07) is 5.72. The molecule has 5 heteroatoms. The summed E-state index contributed by atoms with van der Waals surface area (Å²) >= 11 is 0. The molecule has 20 heavy (non-hydrogen) atoms. The predicted octanol–water partition coefficient (Wildman–Crippen LogP) is 1.70. The summed E-state index contributed by atoms with van der Waals surface area (Å²) in [5, 5.41) is 12.1.